The van der Waals surface area contributed by atoms with Gasteiger partial charge in [-0.3, -0.25) is 4.90 Å². The average molecular weight is 239 g/mol. The lowest BCUT2D eigenvalue weighted by atomic mass is 10.0. The van der Waals surface area contributed by atoms with E-state index < -0.39 is 0 Å². The van der Waals surface area contributed by atoms with Gasteiger partial charge < -0.3 is 5.11 Å². The minimum atomic E-state index is -0.303. The van der Waals surface area contributed by atoms with Crippen LogP contribution >= 0.6 is 0 Å². The summed E-state index contributed by atoms with van der Waals surface area (Å²) in [7, 11) is 2.02. The highest BCUT2D eigenvalue weighted by Gasteiger charge is 2.20. The Morgan fingerprint density at radius 1 is 1.29 bits per heavy atom. The van der Waals surface area contributed by atoms with Gasteiger partial charge in [0.25, 0.3) is 0 Å². The van der Waals surface area contributed by atoms with E-state index in [1.165, 1.54) is 18.2 Å². The number of rotatable bonds is 5. The number of phenols is 1. The molecule has 0 aliphatic carbocycles. The van der Waals surface area contributed by atoms with Crippen LogP contribution in [0.1, 0.15) is 45.2 Å². The first kappa shape index (κ1) is 14.0. The van der Waals surface area contributed by atoms with Gasteiger partial charge in [0.15, 0.2) is 0 Å². The van der Waals surface area contributed by atoms with Gasteiger partial charge >= 0.3 is 0 Å². The number of hydrogen-bond donors (Lipinski definition) is 1. The van der Waals surface area contributed by atoms with Crippen molar-refractivity contribution in [3.63, 3.8) is 0 Å². The van der Waals surface area contributed by atoms with Gasteiger partial charge in [0.2, 0.25) is 0 Å². The molecule has 1 N–H and O–H groups in total. The predicted octanol–water partition coefficient (Wildman–Crippen LogP) is 3.71. The molecule has 17 heavy (non-hydrogen) atoms. The van der Waals surface area contributed by atoms with Gasteiger partial charge in [0, 0.05) is 17.6 Å². The highest BCUT2D eigenvalue weighted by atomic mass is 19.1. The zero-order valence-corrected chi connectivity index (χ0v) is 11.1. The van der Waals surface area contributed by atoms with Crippen LogP contribution in [0.15, 0.2) is 18.2 Å². The third kappa shape index (κ3) is 3.19. The summed E-state index contributed by atoms with van der Waals surface area (Å²) in [5.74, 6) is -0.140. The van der Waals surface area contributed by atoms with Crippen molar-refractivity contribution in [2.45, 2.75) is 45.7 Å². The van der Waals surface area contributed by atoms with Crippen molar-refractivity contribution in [2.24, 2.45) is 0 Å². The van der Waals surface area contributed by atoms with Crippen LogP contribution in [0.3, 0.4) is 0 Å². The molecule has 1 aromatic carbocycles. The summed E-state index contributed by atoms with van der Waals surface area (Å²) >= 11 is 0. The molecule has 0 heterocycles. The molecular weight excluding hydrogens is 217 g/mol. The molecule has 1 aromatic rings. The number of phenolic OH excluding ortho intramolecular Hbond substituents is 1. The molecule has 0 bridgehead atoms. The summed E-state index contributed by atoms with van der Waals surface area (Å²) in [5, 5.41) is 9.79. The quantitative estimate of drug-likeness (QED) is 0.846. The topological polar surface area (TPSA) is 23.5 Å². The highest BCUT2D eigenvalue weighted by Crippen LogP contribution is 2.30. The maximum Gasteiger partial charge on any atom is 0.123 e. The molecule has 0 amide bonds. The van der Waals surface area contributed by atoms with Crippen molar-refractivity contribution < 1.29 is 9.50 Å². The zero-order chi connectivity index (χ0) is 13.0. The normalized spacial score (nSPS) is 13.4. The van der Waals surface area contributed by atoms with Crippen LogP contribution in [0, 0.1) is 5.82 Å². The third-order valence-electron chi connectivity index (χ3n) is 3.57. The third-order valence-corrected chi connectivity index (χ3v) is 3.57. The highest BCUT2D eigenvalue weighted by molar-refractivity contribution is 5.34. The monoisotopic (exact) mass is 239 g/mol. The van der Waals surface area contributed by atoms with Crippen LogP contribution in [0.2, 0.25) is 0 Å². The molecule has 1 unspecified atom stereocenters. The Balaban J connectivity index is 2.94. The van der Waals surface area contributed by atoms with Gasteiger partial charge in [-0.05, 0) is 45.0 Å². The number of nitrogens with zero attached hydrogens (tertiary/aromatic N) is 1. The number of halogens is 1. The Labute approximate surface area is 103 Å². The second-order valence-electron chi connectivity index (χ2n) is 4.51. The predicted molar refractivity (Wildman–Crippen MR) is 68.6 cm³/mol. The molecule has 3 heteroatoms. The van der Waals surface area contributed by atoms with Crippen molar-refractivity contribution in [3.05, 3.63) is 29.6 Å². The maximum absolute atomic E-state index is 13.2. The van der Waals surface area contributed by atoms with E-state index in [9.17, 15) is 9.50 Å². The largest absolute Gasteiger partial charge is 0.508 e. The molecule has 0 radical (unpaired) electrons. The molecule has 0 aliphatic heterocycles. The molecule has 2 nitrogen and oxygen atoms in total. The molecule has 0 saturated heterocycles. The van der Waals surface area contributed by atoms with E-state index in [4.69, 9.17) is 0 Å². The van der Waals surface area contributed by atoms with Gasteiger partial charge in [-0.1, -0.05) is 13.8 Å². The molecule has 0 aliphatic rings. The van der Waals surface area contributed by atoms with E-state index in [2.05, 4.69) is 18.7 Å². The van der Waals surface area contributed by atoms with Crippen LogP contribution in [0.25, 0.3) is 0 Å². The lowest BCUT2D eigenvalue weighted by Gasteiger charge is -2.32. The van der Waals surface area contributed by atoms with Gasteiger partial charge in [0.1, 0.15) is 11.6 Å². The molecule has 96 valence electrons. The number of benzene rings is 1. The molecular formula is C14H22FNO. The van der Waals surface area contributed by atoms with Crippen LogP contribution in [-0.4, -0.2) is 23.1 Å². The Morgan fingerprint density at radius 3 is 2.41 bits per heavy atom. The Bertz CT molecular complexity index is 363. The van der Waals surface area contributed by atoms with E-state index in [-0.39, 0.29) is 17.6 Å². The molecule has 0 saturated carbocycles. The molecule has 1 atom stereocenters. The van der Waals surface area contributed by atoms with Crippen LogP contribution < -0.4 is 0 Å². The summed E-state index contributed by atoms with van der Waals surface area (Å²) in [5.41, 5.74) is 0.652. The molecule has 0 spiro atoms. The van der Waals surface area contributed by atoms with E-state index in [0.29, 0.717) is 11.6 Å². The van der Waals surface area contributed by atoms with Gasteiger partial charge in [-0.15, -0.1) is 0 Å². The smallest absolute Gasteiger partial charge is 0.123 e. The van der Waals surface area contributed by atoms with E-state index in [1.54, 1.807) is 0 Å². The lowest BCUT2D eigenvalue weighted by molar-refractivity contribution is 0.172. The summed E-state index contributed by atoms with van der Waals surface area (Å²) in [6, 6.07) is 4.58. The van der Waals surface area contributed by atoms with Gasteiger partial charge in [-0.25, -0.2) is 4.39 Å². The maximum atomic E-state index is 13.2. The zero-order valence-electron chi connectivity index (χ0n) is 11.1. The van der Waals surface area contributed by atoms with Crippen molar-refractivity contribution in [1.29, 1.82) is 0 Å². The second kappa shape index (κ2) is 6.01. The van der Waals surface area contributed by atoms with E-state index in [1.807, 2.05) is 14.0 Å². The first-order valence-corrected chi connectivity index (χ1v) is 6.21. The van der Waals surface area contributed by atoms with Crippen LogP contribution in [-0.2, 0) is 0 Å². The van der Waals surface area contributed by atoms with Crippen molar-refractivity contribution >= 4 is 0 Å². The average Bonchev–Trinajstić information content (AvgIpc) is 2.32. The van der Waals surface area contributed by atoms with Crippen LogP contribution in [0.5, 0.6) is 5.75 Å². The second-order valence-corrected chi connectivity index (χ2v) is 4.51. The number of hydrogen-bond acceptors (Lipinski definition) is 2. The SMILES string of the molecule is CCC(CC)N(C)C(C)c1cc(F)ccc1O. The van der Waals surface area contributed by atoms with E-state index >= 15 is 0 Å². The fourth-order valence-electron chi connectivity index (χ4n) is 2.26. The lowest BCUT2D eigenvalue weighted by Crippen LogP contribution is -2.33. The Kier molecular flexibility index (Phi) is 4.94. The minimum absolute atomic E-state index is 0.00981. The Hall–Kier alpha value is -1.09. The Morgan fingerprint density at radius 2 is 1.88 bits per heavy atom. The molecule has 0 fully saturated rings. The number of aromatic hydroxyl groups is 1. The minimum Gasteiger partial charge on any atom is -0.508 e. The van der Waals surface area contributed by atoms with Gasteiger partial charge in [-0.2, -0.15) is 0 Å². The summed E-state index contributed by atoms with van der Waals surface area (Å²) in [6.45, 7) is 6.28. The first-order valence-electron chi connectivity index (χ1n) is 6.21. The fourth-order valence-corrected chi connectivity index (χ4v) is 2.26. The molecule has 1 rings (SSSR count). The van der Waals surface area contributed by atoms with Gasteiger partial charge in [0.05, 0.1) is 0 Å². The summed E-state index contributed by atoms with van der Waals surface area (Å²) in [4.78, 5) is 2.19. The fraction of sp³-hybridized carbons (Fsp3) is 0.571. The van der Waals surface area contributed by atoms with Crippen molar-refractivity contribution in [2.75, 3.05) is 7.05 Å². The summed E-state index contributed by atoms with van der Waals surface area (Å²) in [6.07, 6.45) is 2.10. The van der Waals surface area contributed by atoms with Crippen molar-refractivity contribution in [1.82, 2.24) is 4.90 Å². The summed E-state index contributed by atoms with van der Waals surface area (Å²) < 4.78 is 13.2. The van der Waals surface area contributed by atoms with Crippen LogP contribution in [0.4, 0.5) is 4.39 Å². The first-order chi connectivity index (χ1) is 8.01. The van der Waals surface area contributed by atoms with Crippen molar-refractivity contribution in [3.8, 4) is 5.75 Å². The standard InChI is InChI=1S/C14H22FNO/c1-5-12(6-2)16(4)10(3)13-9-11(15)7-8-14(13)17/h7-10,12,17H,5-6H2,1-4H3. The van der Waals surface area contributed by atoms with E-state index in [0.717, 1.165) is 12.8 Å². The molecule has 0 aromatic heterocycles.